The van der Waals surface area contributed by atoms with Gasteiger partial charge in [-0.15, -0.1) is 0 Å². The Labute approximate surface area is 317 Å². The lowest BCUT2D eigenvalue weighted by atomic mass is 9.72. The first kappa shape index (κ1) is 39.8. The molecule has 2 unspecified atom stereocenters. The fourth-order valence-electron chi connectivity index (χ4n) is 7.59. The van der Waals surface area contributed by atoms with Crippen LogP contribution in [-0.2, 0) is 48.1 Å². The van der Waals surface area contributed by atoms with Crippen molar-refractivity contribution < 1.29 is 28.7 Å². The Morgan fingerprint density at radius 1 is 0.962 bits per heavy atom. The minimum absolute atomic E-state index is 0.0266. The van der Waals surface area contributed by atoms with Gasteiger partial charge in [0.2, 0.25) is 11.8 Å². The maximum atomic E-state index is 14.9. The van der Waals surface area contributed by atoms with E-state index in [4.69, 9.17) is 32.7 Å². The van der Waals surface area contributed by atoms with Gasteiger partial charge in [-0.25, -0.2) is 0 Å². The molecule has 1 saturated heterocycles. The highest BCUT2D eigenvalue weighted by molar-refractivity contribution is 6.38. The molecule has 1 aliphatic heterocycles. The summed E-state index contributed by atoms with van der Waals surface area (Å²) in [6.07, 6.45) is 4.00. The van der Waals surface area contributed by atoms with Crippen LogP contribution in [0.3, 0.4) is 0 Å². The summed E-state index contributed by atoms with van der Waals surface area (Å²) < 4.78 is 11.1. The molecule has 1 aromatic heterocycles. The first-order valence-electron chi connectivity index (χ1n) is 18.8. The van der Waals surface area contributed by atoms with Gasteiger partial charge in [0.15, 0.2) is 5.78 Å². The molecule has 9 nitrogen and oxygen atoms in total. The number of carbonyl (C=O) groups excluding carboxylic acids is 4. The standard InChI is InChI=1S/C41H53Cl2N3O6/c1-5-25(3)30(39(49)44-23-27-13-16-51-17-14-27)20-36(47)41(15-12-35-33(22-41)32-18-29(42)19-34(43)38(32)45-35)46-40(50)31(26(4)6-2)21-37(48)52-24-28-10-8-7-9-11-28/h7-11,18-19,25-27,30-31,45H,5-6,12-17,20-24H2,1-4H3,(H,44,49)(H,46,50)/t25?,26?,30-,31-,41-/m0/s1. The van der Waals surface area contributed by atoms with Crippen LogP contribution in [0.15, 0.2) is 42.5 Å². The number of aromatic amines is 1. The van der Waals surface area contributed by atoms with Crippen molar-refractivity contribution in [3.05, 3.63) is 69.3 Å². The molecule has 2 aliphatic rings. The van der Waals surface area contributed by atoms with E-state index in [9.17, 15) is 19.2 Å². The lowest BCUT2D eigenvalue weighted by Crippen LogP contribution is -2.60. The van der Waals surface area contributed by atoms with E-state index in [2.05, 4.69) is 15.6 Å². The van der Waals surface area contributed by atoms with Crippen molar-refractivity contribution in [1.82, 2.24) is 15.6 Å². The van der Waals surface area contributed by atoms with E-state index in [-0.39, 0.29) is 55.3 Å². The fraction of sp³-hybridized carbons (Fsp3) is 0.561. The van der Waals surface area contributed by atoms with Gasteiger partial charge in [-0.1, -0.05) is 94.1 Å². The lowest BCUT2D eigenvalue weighted by Gasteiger charge is -2.39. The molecule has 0 saturated carbocycles. The number of benzene rings is 2. The summed E-state index contributed by atoms with van der Waals surface area (Å²) in [5, 5.41) is 8.10. The average Bonchev–Trinajstić information content (AvgIpc) is 3.51. The van der Waals surface area contributed by atoms with Crippen molar-refractivity contribution in [2.24, 2.45) is 29.6 Å². The zero-order chi connectivity index (χ0) is 37.4. The van der Waals surface area contributed by atoms with Gasteiger partial charge in [-0.3, -0.25) is 19.2 Å². The highest BCUT2D eigenvalue weighted by Crippen LogP contribution is 2.40. The molecule has 2 aromatic carbocycles. The third kappa shape index (κ3) is 9.57. The molecule has 0 spiro atoms. The van der Waals surface area contributed by atoms with E-state index in [1.54, 1.807) is 6.07 Å². The van der Waals surface area contributed by atoms with E-state index < -0.39 is 23.3 Å². The number of H-pyrrole nitrogens is 1. The number of amides is 2. The molecule has 5 atom stereocenters. The molecule has 52 heavy (non-hydrogen) atoms. The van der Waals surface area contributed by atoms with Crippen molar-refractivity contribution in [2.45, 2.75) is 97.6 Å². The third-order valence-electron chi connectivity index (χ3n) is 11.5. The molecule has 2 heterocycles. The molecule has 11 heteroatoms. The van der Waals surface area contributed by atoms with Gasteiger partial charge in [-0.05, 0) is 66.7 Å². The number of hydrogen-bond acceptors (Lipinski definition) is 6. The number of ether oxygens (including phenoxy) is 2. The smallest absolute Gasteiger partial charge is 0.306 e. The SMILES string of the molecule is CCC(C)[C@H](CC(=O)[C@]1(NC(=O)[C@@H](CC(=O)OCc2ccccc2)C(C)CC)CCc2[nH]c3c(Cl)cc(Cl)cc3c2C1)C(=O)NCC1CCOCC1. The van der Waals surface area contributed by atoms with Gasteiger partial charge in [0.25, 0.3) is 0 Å². The zero-order valence-electron chi connectivity index (χ0n) is 30.8. The zero-order valence-corrected chi connectivity index (χ0v) is 32.3. The second-order valence-electron chi connectivity index (χ2n) is 14.9. The monoisotopic (exact) mass is 753 g/mol. The molecule has 282 valence electrons. The van der Waals surface area contributed by atoms with Crippen LogP contribution in [0.4, 0.5) is 0 Å². The van der Waals surface area contributed by atoms with E-state index in [0.29, 0.717) is 61.4 Å². The maximum absolute atomic E-state index is 14.9. The summed E-state index contributed by atoms with van der Waals surface area (Å²) in [6.45, 7) is 9.96. The van der Waals surface area contributed by atoms with Crippen LogP contribution >= 0.6 is 23.2 Å². The van der Waals surface area contributed by atoms with Gasteiger partial charge in [0.1, 0.15) is 12.1 Å². The summed E-state index contributed by atoms with van der Waals surface area (Å²) >= 11 is 13.1. The van der Waals surface area contributed by atoms with Crippen LogP contribution < -0.4 is 10.6 Å². The number of aryl methyl sites for hydroxylation is 1. The average molecular weight is 755 g/mol. The van der Waals surface area contributed by atoms with Crippen molar-refractivity contribution in [3.8, 4) is 0 Å². The van der Waals surface area contributed by atoms with Crippen molar-refractivity contribution in [2.75, 3.05) is 19.8 Å². The van der Waals surface area contributed by atoms with Crippen LogP contribution in [0.1, 0.15) is 89.5 Å². The molecule has 0 radical (unpaired) electrons. The molecular weight excluding hydrogens is 701 g/mol. The minimum Gasteiger partial charge on any atom is -0.461 e. The molecule has 1 fully saturated rings. The molecule has 2 amide bonds. The van der Waals surface area contributed by atoms with E-state index >= 15 is 0 Å². The molecular formula is C41H53Cl2N3O6. The number of ketones is 1. The molecule has 3 aromatic rings. The largest absolute Gasteiger partial charge is 0.461 e. The number of rotatable bonds is 16. The van der Waals surface area contributed by atoms with Crippen molar-refractivity contribution in [1.29, 1.82) is 0 Å². The number of nitrogens with one attached hydrogen (secondary N) is 3. The summed E-state index contributed by atoms with van der Waals surface area (Å²) in [7, 11) is 0. The number of esters is 1. The van der Waals surface area contributed by atoms with Gasteiger partial charge < -0.3 is 25.1 Å². The Hall–Kier alpha value is -3.40. The Morgan fingerprint density at radius 3 is 2.31 bits per heavy atom. The number of carbonyl (C=O) groups is 4. The lowest BCUT2D eigenvalue weighted by molar-refractivity contribution is -0.149. The Bertz CT molecular complexity index is 1720. The van der Waals surface area contributed by atoms with Crippen LogP contribution in [0.2, 0.25) is 10.0 Å². The predicted molar refractivity (Wildman–Crippen MR) is 204 cm³/mol. The number of hydrogen-bond donors (Lipinski definition) is 3. The predicted octanol–water partition coefficient (Wildman–Crippen LogP) is 7.78. The van der Waals surface area contributed by atoms with Crippen LogP contribution in [0, 0.1) is 29.6 Å². The summed E-state index contributed by atoms with van der Waals surface area (Å²) in [6, 6.07) is 12.9. The molecule has 0 bridgehead atoms. The number of halogens is 2. The Morgan fingerprint density at radius 2 is 1.63 bits per heavy atom. The topological polar surface area (TPSA) is 127 Å². The summed E-state index contributed by atoms with van der Waals surface area (Å²) in [5.41, 5.74) is 2.07. The van der Waals surface area contributed by atoms with E-state index in [1.165, 1.54) is 0 Å². The second-order valence-corrected chi connectivity index (χ2v) is 15.7. The fourth-order valence-corrected chi connectivity index (χ4v) is 8.13. The molecule has 3 N–H and O–H groups in total. The quantitative estimate of drug-likeness (QED) is 0.128. The molecule has 1 aliphatic carbocycles. The summed E-state index contributed by atoms with van der Waals surface area (Å²) in [5.74, 6) is -2.37. The molecule has 5 rings (SSSR count). The summed E-state index contributed by atoms with van der Waals surface area (Å²) in [4.78, 5) is 59.7. The second kappa shape index (κ2) is 18.1. The third-order valence-corrected chi connectivity index (χ3v) is 12.0. The number of aromatic nitrogens is 1. The minimum atomic E-state index is -1.32. The van der Waals surface area contributed by atoms with Crippen molar-refractivity contribution >= 4 is 57.7 Å². The van der Waals surface area contributed by atoms with Crippen LogP contribution in [0.25, 0.3) is 10.9 Å². The van der Waals surface area contributed by atoms with Crippen LogP contribution in [-0.4, -0.2) is 53.8 Å². The first-order chi connectivity index (χ1) is 24.9. The van der Waals surface area contributed by atoms with Gasteiger partial charge in [-0.2, -0.15) is 0 Å². The maximum Gasteiger partial charge on any atom is 0.306 e. The van der Waals surface area contributed by atoms with E-state index in [1.807, 2.05) is 64.1 Å². The van der Waals surface area contributed by atoms with Crippen LogP contribution in [0.5, 0.6) is 0 Å². The number of Topliss-reactive ketones (excluding diaryl/α,β-unsaturated/α-hetero) is 1. The van der Waals surface area contributed by atoms with E-state index in [0.717, 1.165) is 40.6 Å². The van der Waals surface area contributed by atoms with Gasteiger partial charge in [0, 0.05) is 54.6 Å². The first-order valence-corrected chi connectivity index (χ1v) is 19.6. The van der Waals surface area contributed by atoms with Gasteiger partial charge in [0.05, 0.1) is 22.9 Å². The highest BCUT2D eigenvalue weighted by atomic mass is 35.5. The normalized spacial score (nSPS) is 20.0. The van der Waals surface area contributed by atoms with Gasteiger partial charge >= 0.3 is 5.97 Å². The van der Waals surface area contributed by atoms with Crippen molar-refractivity contribution in [3.63, 3.8) is 0 Å². The Kier molecular flexibility index (Phi) is 13.8. The highest BCUT2D eigenvalue weighted by Gasteiger charge is 2.46. The Balaban J connectivity index is 1.43. The number of fused-ring (bicyclic) bond motifs is 3.